The minimum Gasteiger partial charge on any atom is -0.304 e. The fraction of sp³-hybridized carbons (Fsp3) is 0.941. The average molecular weight is 277 g/mol. The highest BCUT2D eigenvalue weighted by atomic mass is 15.3. The van der Waals surface area contributed by atoms with Crippen LogP contribution in [0.1, 0.15) is 52.9 Å². The van der Waals surface area contributed by atoms with Crippen LogP contribution in [0.3, 0.4) is 0 Å². The summed E-state index contributed by atoms with van der Waals surface area (Å²) >= 11 is 0. The van der Waals surface area contributed by atoms with Crippen molar-refractivity contribution in [2.24, 2.45) is 11.3 Å². The van der Waals surface area contributed by atoms with E-state index in [4.69, 9.17) is 0 Å². The van der Waals surface area contributed by atoms with Crippen LogP contribution in [-0.4, -0.2) is 48.6 Å². The molecule has 3 nitrogen and oxygen atoms in total. The van der Waals surface area contributed by atoms with Gasteiger partial charge in [-0.1, -0.05) is 27.2 Å². The third kappa shape index (κ3) is 3.02. The minimum atomic E-state index is -0.165. The number of hydrogen-bond donors (Lipinski definition) is 0. The van der Waals surface area contributed by atoms with E-state index in [1.807, 2.05) is 0 Å². The molecule has 0 aromatic rings. The zero-order valence-corrected chi connectivity index (χ0v) is 13.8. The fourth-order valence-electron chi connectivity index (χ4n) is 3.90. The van der Waals surface area contributed by atoms with Gasteiger partial charge >= 0.3 is 0 Å². The second-order valence-electron chi connectivity index (χ2n) is 7.55. The Balaban J connectivity index is 2.00. The van der Waals surface area contributed by atoms with Gasteiger partial charge in [-0.05, 0) is 44.1 Å². The largest absolute Gasteiger partial charge is 0.304 e. The second-order valence-corrected chi connectivity index (χ2v) is 7.55. The average Bonchev–Trinajstić information content (AvgIpc) is 2.48. The molecule has 1 aliphatic heterocycles. The van der Waals surface area contributed by atoms with Gasteiger partial charge in [0.25, 0.3) is 0 Å². The van der Waals surface area contributed by atoms with E-state index in [1.165, 1.54) is 19.3 Å². The molecular formula is C17H31N3. The number of rotatable bonds is 3. The summed E-state index contributed by atoms with van der Waals surface area (Å²) in [6.45, 7) is 11.4. The van der Waals surface area contributed by atoms with Crippen molar-refractivity contribution < 1.29 is 0 Å². The fourth-order valence-corrected chi connectivity index (χ4v) is 3.90. The minimum absolute atomic E-state index is 0.165. The van der Waals surface area contributed by atoms with Crippen molar-refractivity contribution in [3.8, 4) is 6.07 Å². The zero-order chi connectivity index (χ0) is 14.8. The Bertz CT molecular complexity index is 353. The molecule has 2 fully saturated rings. The molecule has 0 amide bonds. The van der Waals surface area contributed by atoms with Gasteiger partial charge in [-0.15, -0.1) is 0 Å². The molecule has 0 aromatic heterocycles. The van der Waals surface area contributed by atoms with Gasteiger partial charge < -0.3 is 4.90 Å². The first kappa shape index (κ1) is 15.8. The van der Waals surface area contributed by atoms with E-state index in [0.717, 1.165) is 44.9 Å². The van der Waals surface area contributed by atoms with Crippen molar-refractivity contribution in [3.63, 3.8) is 0 Å². The molecule has 0 N–H and O–H groups in total. The van der Waals surface area contributed by atoms with Gasteiger partial charge in [0, 0.05) is 26.2 Å². The number of likely N-dealkylation sites (N-methyl/N-ethyl adjacent to an activating group) is 1. The number of nitriles is 1. The van der Waals surface area contributed by atoms with E-state index < -0.39 is 0 Å². The Morgan fingerprint density at radius 3 is 2.15 bits per heavy atom. The van der Waals surface area contributed by atoms with Crippen LogP contribution < -0.4 is 0 Å². The van der Waals surface area contributed by atoms with Gasteiger partial charge in [-0.3, -0.25) is 4.90 Å². The zero-order valence-electron chi connectivity index (χ0n) is 13.8. The standard InChI is InChI=1S/C17H31N3/c1-5-16(2,3)15-6-8-17(14-18,9-7-15)20-12-10-19(4)11-13-20/h15H,5-13H2,1-4H3. The molecule has 1 saturated carbocycles. The van der Waals surface area contributed by atoms with E-state index in [9.17, 15) is 5.26 Å². The molecule has 0 unspecified atom stereocenters. The Hall–Kier alpha value is -0.590. The van der Waals surface area contributed by atoms with Crippen molar-refractivity contribution >= 4 is 0 Å². The van der Waals surface area contributed by atoms with Crippen LogP contribution in [0, 0.1) is 22.7 Å². The van der Waals surface area contributed by atoms with Crippen LogP contribution in [0.2, 0.25) is 0 Å². The first-order chi connectivity index (χ1) is 9.43. The van der Waals surface area contributed by atoms with Gasteiger partial charge in [0.05, 0.1) is 6.07 Å². The molecule has 114 valence electrons. The van der Waals surface area contributed by atoms with Gasteiger partial charge in [-0.2, -0.15) is 5.26 Å². The predicted octanol–water partition coefficient (Wildman–Crippen LogP) is 3.12. The molecule has 0 bridgehead atoms. The number of nitrogens with zero attached hydrogens (tertiary/aromatic N) is 3. The lowest BCUT2D eigenvalue weighted by Gasteiger charge is -2.48. The topological polar surface area (TPSA) is 30.3 Å². The quantitative estimate of drug-likeness (QED) is 0.794. The predicted molar refractivity (Wildman–Crippen MR) is 83.4 cm³/mol. The van der Waals surface area contributed by atoms with Crippen LogP contribution in [0.15, 0.2) is 0 Å². The smallest absolute Gasteiger partial charge is 0.109 e. The van der Waals surface area contributed by atoms with Gasteiger partial charge in [-0.25, -0.2) is 0 Å². The van der Waals surface area contributed by atoms with Crippen molar-refractivity contribution in [2.45, 2.75) is 58.4 Å². The number of piperazine rings is 1. The summed E-state index contributed by atoms with van der Waals surface area (Å²) in [6, 6.07) is 2.70. The van der Waals surface area contributed by atoms with Crippen molar-refractivity contribution in [1.29, 1.82) is 5.26 Å². The molecule has 1 aliphatic carbocycles. The molecule has 1 heterocycles. The molecule has 2 aliphatic rings. The lowest BCUT2D eigenvalue weighted by atomic mass is 9.65. The van der Waals surface area contributed by atoms with E-state index in [2.05, 4.69) is 43.7 Å². The maximum Gasteiger partial charge on any atom is 0.109 e. The van der Waals surface area contributed by atoms with E-state index in [-0.39, 0.29) is 5.54 Å². The summed E-state index contributed by atoms with van der Waals surface area (Å²) in [5.74, 6) is 0.793. The van der Waals surface area contributed by atoms with Crippen molar-refractivity contribution in [2.75, 3.05) is 33.2 Å². The van der Waals surface area contributed by atoms with Gasteiger partial charge in [0.2, 0.25) is 0 Å². The molecule has 0 atom stereocenters. The normalized spacial score (nSPS) is 33.9. The monoisotopic (exact) mass is 277 g/mol. The second kappa shape index (κ2) is 6.03. The highest BCUT2D eigenvalue weighted by Crippen LogP contribution is 2.45. The Labute approximate surface area is 124 Å². The van der Waals surface area contributed by atoms with Crippen LogP contribution >= 0.6 is 0 Å². The summed E-state index contributed by atoms with van der Waals surface area (Å²) in [6.07, 6.45) is 5.83. The van der Waals surface area contributed by atoms with Gasteiger partial charge in [0.15, 0.2) is 0 Å². The van der Waals surface area contributed by atoms with E-state index in [1.54, 1.807) is 0 Å². The lowest BCUT2D eigenvalue weighted by Crippen LogP contribution is -2.57. The third-order valence-electron chi connectivity index (χ3n) is 6.15. The summed E-state index contributed by atoms with van der Waals surface area (Å²) in [4.78, 5) is 4.84. The van der Waals surface area contributed by atoms with Crippen LogP contribution in [-0.2, 0) is 0 Å². The van der Waals surface area contributed by atoms with E-state index >= 15 is 0 Å². The Morgan fingerprint density at radius 2 is 1.70 bits per heavy atom. The Morgan fingerprint density at radius 1 is 1.15 bits per heavy atom. The first-order valence-corrected chi connectivity index (χ1v) is 8.28. The molecule has 1 saturated heterocycles. The molecular weight excluding hydrogens is 246 g/mol. The van der Waals surface area contributed by atoms with Crippen LogP contribution in [0.5, 0.6) is 0 Å². The molecule has 0 radical (unpaired) electrons. The van der Waals surface area contributed by atoms with E-state index in [0.29, 0.717) is 5.41 Å². The summed E-state index contributed by atoms with van der Waals surface area (Å²) < 4.78 is 0. The van der Waals surface area contributed by atoms with Crippen LogP contribution in [0.25, 0.3) is 0 Å². The molecule has 0 aromatic carbocycles. The van der Waals surface area contributed by atoms with Crippen molar-refractivity contribution in [3.05, 3.63) is 0 Å². The first-order valence-electron chi connectivity index (χ1n) is 8.28. The Kier molecular flexibility index (Phi) is 4.76. The van der Waals surface area contributed by atoms with Crippen molar-refractivity contribution in [1.82, 2.24) is 9.80 Å². The SMILES string of the molecule is CCC(C)(C)C1CCC(C#N)(N2CCN(C)CC2)CC1. The summed E-state index contributed by atoms with van der Waals surface area (Å²) in [7, 11) is 2.18. The van der Waals surface area contributed by atoms with Crippen LogP contribution in [0.4, 0.5) is 0 Å². The molecule has 3 heteroatoms. The lowest BCUT2D eigenvalue weighted by molar-refractivity contribution is 0.0195. The maximum absolute atomic E-state index is 9.80. The highest BCUT2D eigenvalue weighted by molar-refractivity contribution is 5.11. The molecule has 0 spiro atoms. The maximum atomic E-state index is 9.80. The number of hydrogen-bond acceptors (Lipinski definition) is 3. The summed E-state index contributed by atoms with van der Waals surface area (Å²) in [5.41, 5.74) is 0.269. The highest BCUT2D eigenvalue weighted by Gasteiger charge is 2.44. The molecule has 2 rings (SSSR count). The summed E-state index contributed by atoms with van der Waals surface area (Å²) in [5, 5.41) is 9.80. The molecule has 20 heavy (non-hydrogen) atoms. The third-order valence-corrected chi connectivity index (χ3v) is 6.15. The van der Waals surface area contributed by atoms with Gasteiger partial charge in [0.1, 0.15) is 5.54 Å².